The summed E-state index contributed by atoms with van der Waals surface area (Å²) in [6, 6.07) is 7.40. The van der Waals surface area contributed by atoms with Gasteiger partial charge in [0.2, 0.25) is 5.82 Å². The van der Waals surface area contributed by atoms with Crippen molar-refractivity contribution in [3.63, 3.8) is 0 Å². The lowest BCUT2D eigenvalue weighted by atomic mass is 10.0. The van der Waals surface area contributed by atoms with Crippen molar-refractivity contribution >= 4 is 11.7 Å². The van der Waals surface area contributed by atoms with Crippen molar-refractivity contribution < 1.29 is 4.79 Å². The summed E-state index contributed by atoms with van der Waals surface area (Å²) in [5.74, 6) is 0.992. The normalized spacial score (nSPS) is 17.5. The predicted octanol–water partition coefficient (Wildman–Crippen LogP) is 3.34. The van der Waals surface area contributed by atoms with Crippen molar-refractivity contribution in [1.29, 1.82) is 0 Å². The van der Waals surface area contributed by atoms with E-state index in [1.54, 1.807) is 14.1 Å². The molecule has 1 unspecified atom stereocenters. The first kappa shape index (κ1) is 21.2. The van der Waals surface area contributed by atoms with E-state index in [-0.39, 0.29) is 17.8 Å². The highest BCUT2D eigenvalue weighted by atomic mass is 16.2. The molecular formula is C23H33N5O. The van der Waals surface area contributed by atoms with E-state index in [0.29, 0.717) is 6.04 Å². The highest BCUT2D eigenvalue weighted by Crippen LogP contribution is 2.26. The van der Waals surface area contributed by atoms with Gasteiger partial charge in [-0.2, -0.15) is 0 Å². The van der Waals surface area contributed by atoms with Crippen molar-refractivity contribution in [2.75, 3.05) is 32.1 Å². The molecule has 0 bridgehead atoms. The van der Waals surface area contributed by atoms with Crippen LogP contribution >= 0.6 is 0 Å². The van der Waals surface area contributed by atoms with Crippen LogP contribution in [-0.2, 0) is 0 Å². The molecule has 1 aromatic heterocycles. The highest BCUT2D eigenvalue weighted by Gasteiger charge is 2.27. The van der Waals surface area contributed by atoms with Crippen LogP contribution in [0.15, 0.2) is 18.2 Å². The Morgan fingerprint density at radius 1 is 1.14 bits per heavy atom. The minimum Gasteiger partial charge on any atom is -0.355 e. The lowest BCUT2D eigenvalue weighted by Gasteiger charge is -2.23. The van der Waals surface area contributed by atoms with Crippen molar-refractivity contribution in [3.05, 3.63) is 52.0 Å². The smallest absolute Gasteiger partial charge is 0.291 e. The summed E-state index contributed by atoms with van der Waals surface area (Å²) in [6.07, 6.45) is 1.05. The van der Waals surface area contributed by atoms with E-state index in [0.717, 1.165) is 36.6 Å². The van der Waals surface area contributed by atoms with Crippen LogP contribution in [0.2, 0.25) is 0 Å². The molecule has 1 aliphatic heterocycles. The van der Waals surface area contributed by atoms with Crippen LogP contribution in [-0.4, -0.2) is 54.0 Å². The fourth-order valence-corrected chi connectivity index (χ4v) is 4.02. The minimum atomic E-state index is -0.160. The van der Waals surface area contributed by atoms with Gasteiger partial charge in [-0.3, -0.25) is 4.79 Å². The number of carbonyl (C=O) groups is 1. The third kappa shape index (κ3) is 4.75. The van der Waals surface area contributed by atoms with Gasteiger partial charge >= 0.3 is 0 Å². The van der Waals surface area contributed by atoms with Crippen LogP contribution in [0.5, 0.6) is 0 Å². The molecule has 2 heterocycles. The molecule has 1 fully saturated rings. The van der Waals surface area contributed by atoms with E-state index >= 15 is 0 Å². The van der Waals surface area contributed by atoms with Crippen LogP contribution in [0.25, 0.3) is 0 Å². The molecule has 29 heavy (non-hydrogen) atoms. The average Bonchev–Trinajstić information content (AvgIpc) is 3.10. The maximum absolute atomic E-state index is 12.4. The summed E-state index contributed by atoms with van der Waals surface area (Å²) in [5, 5.41) is 3.78. The van der Waals surface area contributed by atoms with Crippen LogP contribution in [0.4, 0.5) is 5.82 Å². The second-order valence-electron chi connectivity index (χ2n) is 8.52. The maximum Gasteiger partial charge on any atom is 0.291 e. The molecule has 1 saturated heterocycles. The van der Waals surface area contributed by atoms with Gasteiger partial charge in [-0.15, -0.1) is 0 Å². The zero-order valence-corrected chi connectivity index (χ0v) is 18.7. The number of nitrogens with one attached hydrogen (secondary N) is 1. The van der Waals surface area contributed by atoms with Gasteiger partial charge in [0.1, 0.15) is 5.82 Å². The Balaban J connectivity index is 1.74. The molecule has 6 nitrogen and oxygen atoms in total. The number of amides is 1. The van der Waals surface area contributed by atoms with E-state index in [1.165, 1.54) is 21.6 Å². The zero-order chi connectivity index (χ0) is 21.3. The molecule has 0 spiro atoms. The number of hydrogen-bond acceptors (Lipinski definition) is 5. The monoisotopic (exact) mass is 395 g/mol. The molecule has 1 aliphatic rings. The average molecular weight is 396 g/mol. The first-order chi connectivity index (χ1) is 13.7. The summed E-state index contributed by atoms with van der Waals surface area (Å²) in [5.41, 5.74) is 5.83. The molecule has 0 aliphatic carbocycles. The van der Waals surface area contributed by atoms with Gasteiger partial charge in [0.05, 0.1) is 0 Å². The molecule has 6 heteroatoms. The van der Waals surface area contributed by atoms with Gasteiger partial charge in [-0.1, -0.05) is 29.3 Å². The number of hydrogen-bond donors (Lipinski definition) is 1. The van der Waals surface area contributed by atoms with Gasteiger partial charge in [0.25, 0.3) is 5.91 Å². The molecule has 1 amide bonds. The van der Waals surface area contributed by atoms with Crippen molar-refractivity contribution in [2.24, 2.45) is 0 Å². The summed E-state index contributed by atoms with van der Waals surface area (Å²) < 4.78 is 0. The first-order valence-electron chi connectivity index (χ1n) is 10.3. The standard InChI is InChI=1S/C23H33N5O/c1-14-10-15(2)12-19(11-14)18(5)24-20-8-9-28(13-20)22-16(3)17(4)25-21(26-22)23(29)27(6)7/h10-12,18,20,24H,8-9,13H2,1-7H3/t18?,20-/m1/s1. The topological polar surface area (TPSA) is 61.4 Å². The largest absolute Gasteiger partial charge is 0.355 e. The van der Waals surface area contributed by atoms with Crippen LogP contribution in [0.1, 0.15) is 58.0 Å². The van der Waals surface area contributed by atoms with Gasteiger partial charge in [-0.05, 0) is 46.6 Å². The predicted molar refractivity (Wildman–Crippen MR) is 118 cm³/mol. The number of rotatable bonds is 5. The zero-order valence-electron chi connectivity index (χ0n) is 18.7. The van der Waals surface area contributed by atoms with Crippen LogP contribution < -0.4 is 10.2 Å². The first-order valence-corrected chi connectivity index (χ1v) is 10.3. The maximum atomic E-state index is 12.4. The second kappa shape index (κ2) is 8.49. The number of anilines is 1. The molecule has 2 atom stereocenters. The van der Waals surface area contributed by atoms with E-state index in [2.05, 4.69) is 59.2 Å². The Morgan fingerprint density at radius 2 is 1.79 bits per heavy atom. The van der Waals surface area contributed by atoms with Gasteiger partial charge in [0.15, 0.2) is 0 Å². The Bertz CT molecular complexity index is 888. The van der Waals surface area contributed by atoms with Crippen molar-refractivity contribution in [2.45, 2.75) is 53.1 Å². The molecule has 1 N–H and O–H groups in total. The molecule has 156 valence electrons. The SMILES string of the molecule is Cc1cc(C)cc(C(C)N[C@@H]2CCN(c3nc(C(=O)N(C)C)nc(C)c3C)C2)c1. The third-order valence-electron chi connectivity index (χ3n) is 5.68. The molecule has 1 aromatic carbocycles. The fraction of sp³-hybridized carbons (Fsp3) is 0.522. The Hall–Kier alpha value is -2.47. The summed E-state index contributed by atoms with van der Waals surface area (Å²) in [7, 11) is 3.45. The molecule has 0 saturated carbocycles. The molecule has 0 radical (unpaired) electrons. The molecule has 3 rings (SSSR count). The number of aromatic nitrogens is 2. The van der Waals surface area contributed by atoms with Crippen LogP contribution in [0.3, 0.4) is 0 Å². The van der Waals surface area contributed by atoms with E-state index in [9.17, 15) is 4.79 Å². The van der Waals surface area contributed by atoms with Crippen molar-refractivity contribution in [3.8, 4) is 0 Å². The fourth-order valence-electron chi connectivity index (χ4n) is 4.02. The van der Waals surface area contributed by atoms with E-state index < -0.39 is 0 Å². The van der Waals surface area contributed by atoms with Gasteiger partial charge in [0, 0.05) is 50.5 Å². The number of benzene rings is 1. The quantitative estimate of drug-likeness (QED) is 0.841. The van der Waals surface area contributed by atoms with Gasteiger partial charge < -0.3 is 15.1 Å². The Morgan fingerprint density at radius 3 is 2.41 bits per heavy atom. The number of aryl methyl sites for hydroxylation is 3. The Kier molecular flexibility index (Phi) is 6.22. The summed E-state index contributed by atoms with van der Waals surface area (Å²) in [6.45, 7) is 12.3. The number of carbonyl (C=O) groups excluding carboxylic acids is 1. The lowest BCUT2D eigenvalue weighted by molar-refractivity contribution is 0.0815. The molecular weight excluding hydrogens is 362 g/mol. The lowest BCUT2D eigenvalue weighted by Crippen LogP contribution is -2.35. The molecule has 2 aromatic rings. The number of nitrogens with zero attached hydrogens (tertiary/aromatic N) is 4. The van der Waals surface area contributed by atoms with Gasteiger partial charge in [-0.25, -0.2) is 9.97 Å². The highest BCUT2D eigenvalue weighted by molar-refractivity contribution is 5.90. The van der Waals surface area contributed by atoms with Crippen LogP contribution in [0, 0.1) is 27.7 Å². The van der Waals surface area contributed by atoms with Crippen molar-refractivity contribution in [1.82, 2.24) is 20.2 Å². The summed E-state index contributed by atoms with van der Waals surface area (Å²) >= 11 is 0. The van der Waals surface area contributed by atoms with E-state index in [1.807, 2.05) is 13.8 Å². The Labute approximate surface area is 174 Å². The third-order valence-corrected chi connectivity index (χ3v) is 5.68. The van der Waals surface area contributed by atoms with E-state index in [4.69, 9.17) is 0 Å². The second-order valence-corrected chi connectivity index (χ2v) is 8.52. The minimum absolute atomic E-state index is 0.160. The summed E-state index contributed by atoms with van der Waals surface area (Å²) in [4.78, 5) is 25.2.